The zero-order valence-electron chi connectivity index (χ0n) is 7.17. The van der Waals surface area contributed by atoms with Crippen molar-refractivity contribution in [2.75, 3.05) is 13.7 Å². The Kier molecular flexibility index (Phi) is 4.90. The molecule has 0 saturated carbocycles. The van der Waals surface area contributed by atoms with Crippen LogP contribution in [0, 0.1) is 0 Å². The molecule has 0 aliphatic heterocycles. The van der Waals surface area contributed by atoms with Crippen molar-refractivity contribution in [2.24, 2.45) is 5.10 Å². The van der Waals surface area contributed by atoms with Crippen molar-refractivity contribution < 1.29 is 0 Å². The van der Waals surface area contributed by atoms with Crippen LogP contribution in [0.5, 0.6) is 0 Å². The molecule has 0 amide bonds. The minimum atomic E-state index is 0.661. The second-order valence-corrected chi connectivity index (χ2v) is 2.25. The molecule has 0 aromatic heterocycles. The predicted molar refractivity (Wildman–Crippen MR) is 49.3 cm³/mol. The third kappa shape index (κ3) is 5.21. The molecule has 0 rings (SSSR count). The van der Waals surface area contributed by atoms with Crippen LogP contribution in [-0.4, -0.2) is 25.4 Å². The summed E-state index contributed by atoms with van der Waals surface area (Å²) in [6.07, 6.45) is 3.67. The van der Waals surface area contributed by atoms with Gasteiger partial charge in [0.05, 0.1) is 0 Å². The first kappa shape index (κ1) is 9.75. The fourth-order valence-electron chi connectivity index (χ4n) is 0.448. The molecule has 3 heteroatoms. The molecule has 0 heterocycles. The van der Waals surface area contributed by atoms with Gasteiger partial charge in [-0.05, 0) is 12.5 Å². The molecule has 0 atom stereocenters. The maximum absolute atomic E-state index is 3.68. The molecule has 0 aromatic rings. The van der Waals surface area contributed by atoms with Gasteiger partial charge in [-0.3, -0.25) is 5.01 Å². The molecule has 0 saturated heterocycles. The highest BCUT2D eigenvalue weighted by atomic mass is 15.5. The SMILES string of the molecule is C=C/C(C)=C/NCN(C)N=C. The number of rotatable bonds is 5. The topological polar surface area (TPSA) is 27.6 Å². The van der Waals surface area contributed by atoms with Gasteiger partial charge in [-0.15, -0.1) is 0 Å². The Morgan fingerprint density at radius 2 is 2.36 bits per heavy atom. The summed E-state index contributed by atoms with van der Waals surface area (Å²) in [6.45, 7) is 9.63. The number of nitrogens with zero attached hydrogens (tertiary/aromatic N) is 2. The fourth-order valence-corrected chi connectivity index (χ4v) is 0.448. The third-order valence-electron chi connectivity index (χ3n) is 1.21. The number of hydrazone groups is 1. The number of hydrogen-bond donors (Lipinski definition) is 1. The highest BCUT2D eigenvalue weighted by molar-refractivity contribution is 5.22. The molecule has 11 heavy (non-hydrogen) atoms. The minimum Gasteiger partial charge on any atom is -0.372 e. The predicted octanol–water partition coefficient (Wildman–Crippen LogP) is 1.17. The number of nitrogens with one attached hydrogen (secondary N) is 1. The number of allylic oxidation sites excluding steroid dienone is 2. The van der Waals surface area contributed by atoms with Crippen molar-refractivity contribution >= 4 is 6.72 Å². The van der Waals surface area contributed by atoms with Gasteiger partial charge in [0.15, 0.2) is 0 Å². The van der Waals surface area contributed by atoms with Gasteiger partial charge in [-0.25, -0.2) is 0 Å². The van der Waals surface area contributed by atoms with Crippen LogP contribution < -0.4 is 5.32 Å². The van der Waals surface area contributed by atoms with Crippen LogP contribution in [0.2, 0.25) is 0 Å². The Balaban J connectivity index is 3.55. The Hall–Kier alpha value is -1.25. The van der Waals surface area contributed by atoms with Gasteiger partial charge in [-0.1, -0.05) is 12.7 Å². The van der Waals surface area contributed by atoms with E-state index in [-0.39, 0.29) is 0 Å². The minimum absolute atomic E-state index is 0.661. The zero-order chi connectivity index (χ0) is 8.69. The highest BCUT2D eigenvalue weighted by Gasteiger charge is 1.85. The van der Waals surface area contributed by atoms with E-state index in [0.717, 1.165) is 5.57 Å². The van der Waals surface area contributed by atoms with E-state index in [9.17, 15) is 0 Å². The largest absolute Gasteiger partial charge is 0.372 e. The maximum atomic E-state index is 3.68. The summed E-state index contributed by atoms with van der Waals surface area (Å²) >= 11 is 0. The zero-order valence-corrected chi connectivity index (χ0v) is 7.17. The van der Waals surface area contributed by atoms with Gasteiger partial charge >= 0.3 is 0 Å². The summed E-state index contributed by atoms with van der Waals surface area (Å²) in [5.74, 6) is 0. The summed E-state index contributed by atoms with van der Waals surface area (Å²) in [5, 5.41) is 8.42. The first-order valence-corrected chi connectivity index (χ1v) is 3.41. The molecule has 0 unspecified atom stereocenters. The van der Waals surface area contributed by atoms with E-state index in [1.54, 1.807) is 11.1 Å². The molecule has 0 spiro atoms. The van der Waals surface area contributed by atoms with Gasteiger partial charge in [-0.2, -0.15) is 5.10 Å². The monoisotopic (exact) mass is 153 g/mol. The van der Waals surface area contributed by atoms with Gasteiger partial charge in [0, 0.05) is 20.0 Å². The molecule has 0 radical (unpaired) electrons. The van der Waals surface area contributed by atoms with Crippen LogP contribution in [0.1, 0.15) is 6.92 Å². The molecule has 0 aliphatic carbocycles. The van der Waals surface area contributed by atoms with Gasteiger partial charge in [0.25, 0.3) is 0 Å². The van der Waals surface area contributed by atoms with Crippen molar-refractivity contribution in [2.45, 2.75) is 6.92 Å². The molecule has 0 aliphatic rings. The first-order chi connectivity index (χ1) is 5.20. The van der Waals surface area contributed by atoms with Gasteiger partial charge in [0.2, 0.25) is 0 Å². The lowest BCUT2D eigenvalue weighted by molar-refractivity contribution is 0.344. The second kappa shape index (κ2) is 5.53. The van der Waals surface area contributed by atoms with Crippen molar-refractivity contribution in [3.63, 3.8) is 0 Å². The molecular formula is C8H15N3. The Morgan fingerprint density at radius 1 is 1.73 bits per heavy atom. The smallest absolute Gasteiger partial charge is 0.103 e. The highest BCUT2D eigenvalue weighted by Crippen LogP contribution is 1.88. The lowest BCUT2D eigenvalue weighted by atomic mass is 10.3. The molecule has 62 valence electrons. The quantitative estimate of drug-likeness (QED) is 0.278. The van der Waals surface area contributed by atoms with Crippen molar-refractivity contribution in [1.82, 2.24) is 10.3 Å². The molecule has 0 bridgehead atoms. The van der Waals surface area contributed by atoms with Gasteiger partial charge < -0.3 is 5.32 Å². The van der Waals surface area contributed by atoms with Gasteiger partial charge in [0.1, 0.15) is 6.67 Å². The lowest BCUT2D eigenvalue weighted by Crippen LogP contribution is -2.23. The molecule has 3 nitrogen and oxygen atoms in total. The van der Waals surface area contributed by atoms with Crippen LogP contribution in [0.25, 0.3) is 0 Å². The maximum Gasteiger partial charge on any atom is 0.103 e. The second-order valence-electron chi connectivity index (χ2n) is 2.25. The van der Waals surface area contributed by atoms with E-state index in [2.05, 4.69) is 23.7 Å². The van der Waals surface area contributed by atoms with Crippen molar-refractivity contribution in [3.8, 4) is 0 Å². The van der Waals surface area contributed by atoms with E-state index < -0.39 is 0 Å². The average Bonchev–Trinajstić information content (AvgIpc) is 2.04. The lowest BCUT2D eigenvalue weighted by Gasteiger charge is -2.11. The molecular weight excluding hydrogens is 138 g/mol. The van der Waals surface area contributed by atoms with E-state index in [4.69, 9.17) is 0 Å². The summed E-state index contributed by atoms with van der Waals surface area (Å²) in [7, 11) is 1.84. The Morgan fingerprint density at radius 3 is 2.82 bits per heavy atom. The van der Waals surface area contributed by atoms with Crippen LogP contribution in [0.4, 0.5) is 0 Å². The van der Waals surface area contributed by atoms with E-state index in [1.807, 2.05) is 20.2 Å². The third-order valence-corrected chi connectivity index (χ3v) is 1.21. The summed E-state index contributed by atoms with van der Waals surface area (Å²) in [6, 6.07) is 0. The van der Waals surface area contributed by atoms with Crippen LogP contribution in [-0.2, 0) is 0 Å². The first-order valence-electron chi connectivity index (χ1n) is 3.41. The molecule has 0 aromatic carbocycles. The van der Waals surface area contributed by atoms with Crippen molar-refractivity contribution in [1.29, 1.82) is 0 Å². The van der Waals surface area contributed by atoms with Crippen LogP contribution >= 0.6 is 0 Å². The molecule has 1 N–H and O–H groups in total. The van der Waals surface area contributed by atoms with Crippen LogP contribution in [0.15, 0.2) is 29.5 Å². The fraction of sp³-hybridized carbons (Fsp3) is 0.375. The Labute approximate surface area is 68.1 Å². The van der Waals surface area contributed by atoms with E-state index in [0.29, 0.717) is 6.67 Å². The summed E-state index contributed by atoms with van der Waals surface area (Å²) in [5.41, 5.74) is 1.10. The van der Waals surface area contributed by atoms with E-state index >= 15 is 0 Å². The average molecular weight is 153 g/mol. The van der Waals surface area contributed by atoms with Crippen LogP contribution in [0.3, 0.4) is 0 Å². The molecule has 0 fully saturated rings. The summed E-state index contributed by atoms with van der Waals surface area (Å²) in [4.78, 5) is 0. The summed E-state index contributed by atoms with van der Waals surface area (Å²) < 4.78 is 0. The standard InChI is InChI=1S/C8H15N3/c1-5-8(2)6-10-7-11(4)9-3/h5-6,10H,1,3,7H2,2,4H3/b8-6+. The van der Waals surface area contributed by atoms with E-state index in [1.165, 1.54) is 0 Å². The Bertz CT molecular complexity index is 161. The number of hydrogen-bond acceptors (Lipinski definition) is 3. The normalized spacial score (nSPS) is 10.5. The van der Waals surface area contributed by atoms with Crippen molar-refractivity contribution in [3.05, 3.63) is 24.4 Å².